The van der Waals surface area contributed by atoms with Crippen LogP contribution in [0.4, 0.5) is 0 Å². The fourth-order valence-corrected chi connectivity index (χ4v) is 1.50. The van der Waals surface area contributed by atoms with Crippen molar-refractivity contribution in [2.75, 3.05) is 0 Å². The molecular formula is C10H13N3. The van der Waals surface area contributed by atoms with E-state index in [1.165, 1.54) is 5.56 Å². The number of fused-ring (bicyclic) bond motifs is 1. The molecule has 1 N–H and O–H groups in total. The van der Waals surface area contributed by atoms with Gasteiger partial charge in [-0.1, -0.05) is 13.8 Å². The molecule has 3 heteroatoms. The SMILES string of the molecule is CCC(C)c1ccnc2cn[nH]c12. The summed E-state index contributed by atoms with van der Waals surface area (Å²) in [5, 5.41) is 6.98. The summed E-state index contributed by atoms with van der Waals surface area (Å²) < 4.78 is 0. The molecule has 3 nitrogen and oxygen atoms in total. The Labute approximate surface area is 77.2 Å². The van der Waals surface area contributed by atoms with Crippen LogP contribution in [0.3, 0.4) is 0 Å². The zero-order chi connectivity index (χ0) is 9.26. The number of aromatic amines is 1. The van der Waals surface area contributed by atoms with E-state index in [2.05, 4.69) is 35.1 Å². The van der Waals surface area contributed by atoms with Crippen LogP contribution in [0, 0.1) is 0 Å². The van der Waals surface area contributed by atoms with Gasteiger partial charge < -0.3 is 0 Å². The van der Waals surface area contributed by atoms with Crippen molar-refractivity contribution < 1.29 is 0 Å². The van der Waals surface area contributed by atoms with Crippen LogP contribution < -0.4 is 0 Å². The Morgan fingerprint density at radius 2 is 2.38 bits per heavy atom. The van der Waals surface area contributed by atoms with Crippen molar-refractivity contribution in [2.45, 2.75) is 26.2 Å². The molecule has 2 heterocycles. The molecule has 68 valence electrons. The highest BCUT2D eigenvalue weighted by Gasteiger charge is 2.08. The Balaban J connectivity index is 2.60. The highest BCUT2D eigenvalue weighted by molar-refractivity contribution is 5.77. The first-order valence-corrected chi connectivity index (χ1v) is 4.61. The average Bonchev–Trinajstić information content (AvgIpc) is 2.63. The fraction of sp³-hybridized carbons (Fsp3) is 0.400. The number of rotatable bonds is 2. The van der Waals surface area contributed by atoms with E-state index >= 15 is 0 Å². The molecule has 0 aliphatic heterocycles. The van der Waals surface area contributed by atoms with Crippen molar-refractivity contribution in [1.29, 1.82) is 0 Å². The molecule has 0 aliphatic carbocycles. The predicted molar refractivity (Wildman–Crippen MR) is 52.6 cm³/mol. The number of nitrogens with one attached hydrogen (secondary N) is 1. The highest BCUT2D eigenvalue weighted by Crippen LogP contribution is 2.23. The number of aromatic nitrogens is 3. The standard InChI is InChI=1S/C10H13N3/c1-3-7(2)8-4-5-11-9-6-12-13-10(8)9/h4-7H,3H2,1-2H3,(H,12,13). The normalized spacial score (nSPS) is 13.4. The Morgan fingerprint density at radius 3 is 3.15 bits per heavy atom. The van der Waals surface area contributed by atoms with Crippen LogP contribution >= 0.6 is 0 Å². The van der Waals surface area contributed by atoms with Crippen molar-refractivity contribution in [3.05, 3.63) is 24.0 Å². The third-order valence-electron chi connectivity index (χ3n) is 2.52. The van der Waals surface area contributed by atoms with E-state index in [9.17, 15) is 0 Å². The van der Waals surface area contributed by atoms with E-state index in [0.29, 0.717) is 5.92 Å². The lowest BCUT2D eigenvalue weighted by Gasteiger charge is -2.08. The number of pyridine rings is 1. The average molecular weight is 175 g/mol. The van der Waals surface area contributed by atoms with Crippen LogP contribution in [0.15, 0.2) is 18.5 Å². The first-order chi connectivity index (χ1) is 6.33. The molecule has 0 saturated heterocycles. The summed E-state index contributed by atoms with van der Waals surface area (Å²) in [7, 11) is 0. The number of hydrogen-bond donors (Lipinski definition) is 1. The van der Waals surface area contributed by atoms with Gasteiger partial charge in [0.2, 0.25) is 0 Å². The summed E-state index contributed by atoms with van der Waals surface area (Å²) in [5.41, 5.74) is 3.35. The van der Waals surface area contributed by atoms with E-state index in [0.717, 1.165) is 17.5 Å². The predicted octanol–water partition coefficient (Wildman–Crippen LogP) is 2.47. The first kappa shape index (κ1) is 8.23. The van der Waals surface area contributed by atoms with Crippen molar-refractivity contribution in [2.24, 2.45) is 0 Å². The molecular weight excluding hydrogens is 162 g/mol. The highest BCUT2D eigenvalue weighted by atomic mass is 15.1. The van der Waals surface area contributed by atoms with Crippen molar-refractivity contribution in [1.82, 2.24) is 15.2 Å². The minimum absolute atomic E-state index is 0.561. The van der Waals surface area contributed by atoms with Crippen LogP contribution in [0.2, 0.25) is 0 Å². The van der Waals surface area contributed by atoms with Crippen LogP contribution in [0.1, 0.15) is 31.7 Å². The summed E-state index contributed by atoms with van der Waals surface area (Å²) >= 11 is 0. The summed E-state index contributed by atoms with van der Waals surface area (Å²) in [6, 6.07) is 2.06. The first-order valence-electron chi connectivity index (χ1n) is 4.61. The van der Waals surface area contributed by atoms with Gasteiger partial charge in [0, 0.05) is 6.20 Å². The fourth-order valence-electron chi connectivity index (χ4n) is 1.50. The minimum Gasteiger partial charge on any atom is -0.276 e. The lowest BCUT2D eigenvalue weighted by molar-refractivity contribution is 0.736. The van der Waals surface area contributed by atoms with Crippen LogP contribution in [-0.4, -0.2) is 15.2 Å². The second kappa shape index (κ2) is 3.17. The molecule has 13 heavy (non-hydrogen) atoms. The molecule has 0 bridgehead atoms. The van der Waals surface area contributed by atoms with Crippen molar-refractivity contribution in [3.63, 3.8) is 0 Å². The largest absolute Gasteiger partial charge is 0.276 e. The van der Waals surface area contributed by atoms with E-state index in [1.807, 2.05) is 6.20 Å². The monoisotopic (exact) mass is 175 g/mol. The molecule has 0 fully saturated rings. The number of nitrogens with zero attached hydrogens (tertiary/aromatic N) is 2. The summed E-state index contributed by atoms with van der Waals surface area (Å²) in [6.45, 7) is 4.41. The lowest BCUT2D eigenvalue weighted by Crippen LogP contribution is -1.93. The third-order valence-corrected chi connectivity index (χ3v) is 2.52. The number of H-pyrrole nitrogens is 1. The Hall–Kier alpha value is -1.38. The molecule has 0 radical (unpaired) electrons. The van der Waals surface area contributed by atoms with Gasteiger partial charge in [0.1, 0.15) is 5.52 Å². The van der Waals surface area contributed by atoms with Gasteiger partial charge in [0.05, 0.1) is 11.7 Å². The summed E-state index contributed by atoms with van der Waals surface area (Å²) in [4.78, 5) is 4.22. The van der Waals surface area contributed by atoms with E-state index in [-0.39, 0.29) is 0 Å². The smallest absolute Gasteiger partial charge is 0.108 e. The van der Waals surface area contributed by atoms with Gasteiger partial charge in [-0.2, -0.15) is 5.10 Å². The molecule has 2 rings (SSSR count). The zero-order valence-corrected chi connectivity index (χ0v) is 7.91. The second-order valence-electron chi connectivity index (χ2n) is 3.34. The molecule has 2 aromatic heterocycles. The van der Waals surface area contributed by atoms with Gasteiger partial charge in [0.25, 0.3) is 0 Å². The Bertz CT molecular complexity index is 405. The molecule has 0 amide bonds. The third kappa shape index (κ3) is 1.30. The summed E-state index contributed by atoms with van der Waals surface area (Å²) in [5.74, 6) is 0.561. The zero-order valence-electron chi connectivity index (χ0n) is 7.91. The maximum absolute atomic E-state index is 4.22. The minimum atomic E-state index is 0.561. The molecule has 0 spiro atoms. The maximum Gasteiger partial charge on any atom is 0.108 e. The van der Waals surface area contributed by atoms with E-state index in [4.69, 9.17) is 0 Å². The summed E-state index contributed by atoms with van der Waals surface area (Å²) in [6.07, 6.45) is 4.75. The molecule has 1 unspecified atom stereocenters. The molecule has 0 aliphatic rings. The van der Waals surface area contributed by atoms with Crippen LogP contribution in [0.25, 0.3) is 11.0 Å². The molecule has 2 aromatic rings. The van der Waals surface area contributed by atoms with Gasteiger partial charge in [-0.15, -0.1) is 0 Å². The van der Waals surface area contributed by atoms with E-state index < -0.39 is 0 Å². The van der Waals surface area contributed by atoms with Crippen molar-refractivity contribution >= 4 is 11.0 Å². The van der Waals surface area contributed by atoms with Crippen molar-refractivity contribution in [3.8, 4) is 0 Å². The van der Waals surface area contributed by atoms with Crippen LogP contribution in [-0.2, 0) is 0 Å². The maximum atomic E-state index is 4.22. The van der Waals surface area contributed by atoms with E-state index in [1.54, 1.807) is 6.20 Å². The quantitative estimate of drug-likeness (QED) is 0.761. The van der Waals surface area contributed by atoms with Gasteiger partial charge >= 0.3 is 0 Å². The van der Waals surface area contributed by atoms with Crippen LogP contribution in [0.5, 0.6) is 0 Å². The Kier molecular flexibility index (Phi) is 2.00. The van der Waals surface area contributed by atoms with Gasteiger partial charge in [-0.05, 0) is 24.0 Å². The molecule has 1 atom stereocenters. The second-order valence-corrected chi connectivity index (χ2v) is 3.34. The van der Waals surface area contributed by atoms with Gasteiger partial charge in [-0.25, -0.2) is 0 Å². The lowest BCUT2D eigenvalue weighted by atomic mass is 9.99. The molecule has 0 aromatic carbocycles. The number of hydrogen-bond acceptors (Lipinski definition) is 2. The molecule has 0 saturated carbocycles. The Morgan fingerprint density at radius 1 is 1.54 bits per heavy atom. The van der Waals surface area contributed by atoms with Gasteiger partial charge in [0.15, 0.2) is 0 Å². The van der Waals surface area contributed by atoms with Gasteiger partial charge in [-0.3, -0.25) is 10.1 Å². The topological polar surface area (TPSA) is 41.6 Å².